The van der Waals surface area contributed by atoms with Gasteiger partial charge in [-0.3, -0.25) is 9.59 Å². The monoisotopic (exact) mass is 297 g/mol. The van der Waals surface area contributed by atoms with Crippen LogP contribution < -0.4 is 10.9 Å². The normalized spacial score (nSPS) is 12.2. The maximum absolute atomic E-state index is 12.0. The molecule has 1 amide bonds. The number of pyridine rings is 1. The highest BCUT2D eigenvalue weighted by Crippen LogP contribution is 2.18. The van der Waals surface area contributed by atoms with Crippen molar-refractivity contribution in [2.45, 2.75) is 19.9 Å². The fourth-order valence-electron chi connectivity index (χ4n) is 1.50. The molecule has 0 aliphatic carbocycles. The lowest BCUT2D eigenvalue weighted by Crippen LogP contribution is -2.27. The summed E-state index contributed by atoms with van der Waals surface area (Å²) in [6.45, 7) is 3.75. The van der Waals surface area contributed by atoms with Crippen molar-refractivity contribution >= 4 is 28.8 Å². The second-order valence-corrected chi connectivity index (χ2v) is 5.38. The number of carbonyl (C=O) groups is 1. The number of thiazole rings is 1. The zero-order chi connectivity index (χ0) is 14.0. The molecule has 0 spiro atoms. The molecule has 0 bridgehead atoms. The van der Waals surface area contributed by atoms with Gasteiger partial charge in [-0.15, -0.1) is 11.3 Å². The summed E-state index contributed by atoms with van der Waals surface area (Å²) < 4.78 is 0. The van der Waals surface area contributed by atoms with Crippen LogP contribution in [0.1, 0.15) is 34.0 Å². The zero-order valence-corrected chi connectivity index (χ0v) is 11.9. The van der Waals surface area contributed by atoms with E-state index < -0.39 is 5.56 Å². The molecule has 0 aliphatic rings. The Bertz CT molecular complexity index is 665. The fraction of sp³-hybridized carbons (Fsp3) is 0.250. The van der Waals surface area contributed by atoms with E-state index in [1.54, 1.807) is 0 Å². The summed E-state index contributed by atoms with van der Waals surface area (Å²) >= 11 is 7.17. The molecular formula is C12H12ClN3O2S. The molecule has 2 aromatic heterocycles. The summed E-state index contributed by atoms with van der Waals surface area (Å²) in [5, 5.41) is 5.55. The number of nitrogens with one attached hydrogen (secondary N) is 2. The van der Waals surface area contributed by atoms with Crippen LogP contribution in [0.25, 0.3) is 0 Å². The molecule has 2 aromatic rings. The first-order chi connectivity index (χ1) is 8.97. The predicted molar refractivity (Wildman–Crippen MR) is 74.8 cm³/mol. The molecule has 0 aliphatic heterocycles. The molecule has 0 aromatic carbocycles. The van der Waals surface area contributed by atoms with Crippen molar-refractivity contribution in [3.63, 3.8) is 0 Å². The van der Waals surface area contributed by atoms with Gasteiger partial charge in [-0.2, -0.15) is 0 Å². The summed E-state index contributed by atoms with van der Waals surface area (Å²) in [6, 6.07) is 1.15. The number of aromatic amines is 1. The van der Waals surface area contributed by atoms with Crippen LogP contribution in [0.3, 0.4) is 0 Å². The second-order valence-electron chi connectivity index (χ2n) is 4.09. The number of halogens is 1. The third-order valence-corrected chi connectivity index (χ3v) is 3.90. The Morgan fingerprint density at radius 1 is 1.58 bits per heavy atom. The lowest BCUT2D eigenvalue weighted by molar-refractivity contribution is 0.0939. The average Bonchev–Trinajstić information content (AvgIpc) is 2.79. The van der Waals surface area contributed by atoms with Crippen LogP contribution in [0.5, 0.6) is 0 Å². The second kappa shape index (κ2) is 5.54. The average molecular weight is 298 g/mol. The zero-order valence-electron chi connectivity index (χ0n) is 10.4. The van der Waals surface area contributed by atoms with Gasteiger partial charge in [0.25, 0.3) is 11.5 Å². The number of amides is 1. The topological polar surface area (TPSA) is 74.8 Å². The molecule has 0 fully saturated rings. The minimum absolute atomic E-state index is 0.00889. The molecule has 7 heteroatoms. The van der Waals surface area contributed by atoms with Crippen molar-refractivity contribution in [1.82, 2.24) is 15.3 Å². The Balaban J connectivity index is 2.12. The van der Waals surface area contributed by atoms with E-state index in [-0.39, 0.29) is 17.0 Å². The molecule has 0 saturated heterocycles. The van der Waals surface area contributed by atoms with E-state index in [1.165, 1.54) is 23.6 Å². The summed E-state index contributed by atoms with van der Waals surface area (Å²) in [5.74, 6) is -0.307. The third-order valence-electron chi connectivity index (χ3n) is 2.47. The molecule has 5 nitrogen and oxygen atoms in total. The quantitative estimate of drug-likeness (QED) is 0.912. The van der Waals surface area contributed by atoms with E-state index in [1.807, 2.05) is 19.2 Å². The Morgan fingerprint density at radius 3 is 2.89 bits per heavy atom. The first-order valence-corrected chi connectivity index (χ1v) is 6.84. The summed E-state index contributed by atoms with van der Waals surface area (Å²) in [7, 11) is 0. The van der Waals surface area contributed by atoms with Crippen LogP contribution in [0.4, 0.5) is 0 Å². The minimum atomic E-state index is -0.415. The van der Waals surface area contributed by atoms with Crippen LogP contribution in [0.15, 0.2) is 22.4 Å². The van der Waals surface area contributed by atoms with Crippen LogP contribution >= 0.6 is 22.9 Å². The highest BCUT2D eigenvalue weighted by molar-refractivity contribution is 7.09. The van der Waals surface area contributed by atoms with Gasteiger partial charge in [0.05, 0.1) is 11.6 Å². The minimum Gasteiger partial charge on any atom is -0.343 e. The third kappa shape index (κ3) is 3.21. The summed E-state index contributed by atoms with van der Waals surface area (Å²) in [6.07, 6.45) is 1.34. The van der Waals surface area contributed by atoms with E-state index >= 15 is 0 Å². The van der Waals surface area contributed by atoms with Gasteiger partial charge >= 0.3 is 0 Å². The van der Waals surface area contributed by atoms with Gasteiger partial charge in [0.15, 0.2) is 0 Å². The molecular weight excluding hydrogens is 286 g/mol. The van der Waals surface area contributed by atoms with Crippen LogP contribution in [-0.4, -0.2) is 15.9 Å². The fourth-order valence-corrected chi connectivity index (χ4v) is 2.48. The van der Waals surface area contributed by atoms with Crippen molar-refractivity contribution < 1.29 is 4.79 Å². The van der Waals surface area contributed by atoms with E-state index in [9.17, 15) is 9.59 Å². The highest BCUT2D eigenvalue weighted by Gasteiger charge is 2.14. The molecule has 0 unspecified atom stereocenters. The maximum Gasteiger partial charge on any atom is 0.266 e. The van der Waals surface area contributed by atoms with Crippen molar-refractivity contribution in [3.05, 3.63) is 49.3 Å². The van der Waals surface area contributed by atoms with Gasteiger partial charge < -0.3 is 10.3 Å². The first-order valence-electron chi connectivity index (χ1n) is 5.58. The van der Waals surface area contributed by atoms with Crippen molar-refractivity contribution in [1.29, 1.82) is 0 Å². The van der Waals surface area contributed by atoms with E-state index in [0.717, 1.165) is 10.7 Å². The van der Waals surface area contributed by atoms with Crippen LogP contribution in [-0.2, 0) is 0 Å². The number of hydrogen-bond acceptors (Lipinski definition) is 4. The van der Waals surface area contributed by atoms with Crippen molar-refractivity contribution in [3.8, 4) is 0 Å². The molecule has 2 N–H and O–H groups in total. The molecule has 100 valence electrons. The first kappa shape index (κ1) is 13.8. The lowest BCUT2D eigenvalue weighted by Gasteiger charge is -2.11. The maximum atomic E-state index is 12.0. The molecule has 19 heavy (non-hydrogen) atoms. The number of aromatic nitrogens is 2. The van der Waals surface area contributed by atoms with E-state index in [4.69, 9.17) is 11.6 Å². The van der Waals surface area contributed by atoms with Crippen LogP contribution in [0, 0.1) is 6.92 Å². The number of nitrogens with zero attached hydrogens (tertiary/aromatic N) is 1. The van der Waals surface area contributed by atoms with Crippen molar-refractivity contribution in [2.24, 2.45) is 0 Å². The predicted octanol–water partition coefficient (Wildman–Crippen LogP) is 2.28. The molecule has 1 atom stereocenters. The number of H-pyrrole nitrogens is 1. The Kier molecular flexibility index (Phi) is 4.01. The van der Waals surface area contributed by atoms with Gasteiger partial charge in [-0.1, -0.05) is 11.6 Å². The Morgan fingerprint density at radius 2 is 2.32 bits per heavy atom. The highest BCUT2D eigenvalue weighted by atomic mass is 35.5. The van der Waals surface area contributed by atoms with Gasteiger partial charge in [0, 0.05) is 17.3 Å². The Labute approximate surface area is 118 Å². The molecule has 0 saturated carbocycles. The standard InChI is InChI=1S/C12H12ClN3O2S/c1-6-5-19-12(15-6)7(2)16-10(17)8-3-9(13)11(18)14-4-8/h3-5,7H,1-2H3,(H,14,18)(H,16,17)/t7-/m1/s1. The largest absolute Gasteiger partial charge is 0.343 e. The number of hydrogen-bond donors (Lipinski definition) is 2. The Hall–Kier alpha value is -1.66. The van der Waals surface area contributed by atoms with Gasteiger partial charge in [-0.25, -0.2) is 4.98 Å². The molecule has 0 radical (unpaired) electrons. The van der Waals surface area contributed by atoms with Gasteiger partial charge in [0.2, 0.25) is 0 Å². The van der Waals surface area contributed by atoms with Crippen molar-refractivity contribution in [2.75, 3.05) is 0 Å². The number of carbonyl (C=O) groups excluding carboxylic acids is 1. The smallest absolute Gasteiger partial charge is 0.266 e. The number of rotatable bonds is 3. The number of aryl methyl sites for hydroxylation is 1. The van der Waals surface area contributed by atoms with E-state index in [2.05, 4.69) is 15.3 Å². The SMILES string of the molecule is Cc1csc([C@@H](C)NC(=O)c2c[nH]c(=O)c(Cl)c2)n1. The van der Waals surface area contributed by atoms with Gasteiger partial charge in [0.1, 0.15) is 10.0 Å². The lowest BCUT2D eigenvalue weighted by atomic mass is 10.2. The summed E-state index contributed by atoms with van der Waals surface area (Å²) in [5.41, 5.74) is 0.819. The summed E-state index contributed by atoms with van der Waals surface area (Å²) in [4.78, 5) is 29.8. The molecule has 2 rings (SSSR count). The van der Waals surface area contributed by atoms with Crippen LogP contribution in [0.2, 0.25) is 5.02 Å². The van der Waals surface area contributed by atoms with E-state index in [0.29, 0.717) is 5.56 Å². The van der Waals surface area contributed by atoms with Gasteiger partial charge in [-0.05, 0) is 19.9 Å². The molecule has 2 heterocycles.